The van der Waals surface area contributed by atoms with E-state index in [1.807, 2.05) is 0 Å². The van der Waals surface area contributed by atoms with E-state index in [1.165, 1.54) is 17.0 Å². The molecule has 9 heteroatoms. The van der Waals surface area contributed by atoms with E-state index in [0.717, 1.165) is 6.07 Å². The van der Waals surface area contributed by atoms with E-state index in [9.17, 15) is 22.4 Å². The number of hydrogen-bond acceptors (Lipinski definition) is 3. The Bertz CT molecular complexity index is 559. The summed E-state index contributed by atoms with van der Waals surface area (Å²) >= 11 is 5.74. The van der Waals surface area contributed by atoms with Crippen LogP contribution < -0.4 is 5.32 Å². The van der Waals surface area contributed by atoms with Crippen molar-refractivity contribution in [2.75, 3.05) is 44.6 Å². The molecule has 4 nitrogen and oxygen atoms in total. The zero-order chi connectivity index (χ0) is 17.0. The number of nitrogens with zero attached hydrogens (tertiary/aromatic N) is 2. The normalized spacial score (nSPS) is 17.3. The number of carbonyl (C=O) groups is 1. The lowest BCUT2D eigenvalue weighted by Crippen LogP contribution is -2.50. The fourth-order valence-electron chi connectivity index (χ4n) is 2.35. The van der Waals surface area contributed by atoms with Gasteiger partial charge in [-0.1, -0.05) is 11.6 Å². The van der Waals surface area contributed by atoms with Crippen LogP contribution in [0.3, 0.4) is 0 Å². The van der Waals surface area contributed by atoms with Crippen molar-refractivity contribution in [1.29, 1.82) is 0 Å². The molecule has 1 aliphatic rings. The maximum absolute atomic E-state index is 13.5. The predicted octanol–water partition coefficient (Wildman–Crippen LogP) is 2.60. The zero-order valence-corrected chi connectivity index (χ0v) is 12.9. The minimum atomic E-state index is -4.22. The van der Waals surface area contributed by atoms with Crippen LogP contribution in [0.4, 0.5) is 23.2 Å². The van der Waals surface area contributed by atoms with Gasteiger partial charge in [-0.15, -0.1) is 0 Å². The van der Waals surface area contributed by atoms with Gasteiger partial charge in [-0.3, -0.25) is 14.6 Å². The van der Waals surface area contributed by atoms with E-state index in [-0.39, 0.29) is 25.3 Å². The van der Waals surface area contributed by atoms with Gasteiger partial charge in [0, 0.05) is 31.2 Å². The molecule has 1 fully saturated rings. The molecule has 1 N–H and O–H groups in total. The maximum Gasteiger partial charge on any atom is 0.401 e. The molecule has 128 valence electrons. The SMILES string of the molecule is O=C(CN1CCN(CC(F)(F)F)CC1)Nc1cc(Cl)ccc1F. The Hall–Kier alpha value is -1.38. The zero-order valence-electron chi connectivity index (χ0n) is 12.2. The van der Waals surface area contributed by atoms with Gasteiger partial charge >= 0.3 is 6.18 Å². The highest BCUT2D eigenvalue weighted by Gasteiger charge is 2.32. The van der Waals surface area contributed by atoms with Gasteiger partial charge in [-0.25, -0.2) is 4.39 Å². The molecule has 2 rings (SSSR count). The molecule has 0 atom stereocenters. The summed E-state index contributed by atoms with van der Waals surface area (Å²) in [6, 6.07) is 3.82. The molecule has 0 bridgehead atoms. The van der Waals surface area contributed by atoms with Crippen molar-refractivity contribution in [3.63, 3.8) is 0 Å². The van der Waals surface area contributed by atoms with Gasteiger partial charge in [0.1, 0.15) is 5.82 Å². The summed E-state index contributed by atoms with van der Waals surface area (Å²) in [5, 5.41) is 2.71. The van der Waals surface area contributed by atoms with Gasteiger partial charge in [0.15, 0.2) is 0 Å². The molecule has 1 amide bonds. The van der Waals surface area contributed by atoms with Crippen LogP contribution in [0, 0.1) is 5.82 Å². The number of benzene rings is 1. The second-order valence-electron chi connectivity index (χ2n) is 5.34. The summed E-state index contributed by atoms with van der Waals surface area (Å²) in [5.74, 6) is -1.03. The highest BCUT2D eigenvalue weighted by atomic mass is 35.5. The molecule has 0 radical (unpaired) electrons. The topological polar surface area (TPSA) is 35.6 Å². The summed E-state index contributed by atoms with van der Waals surface area (Å²) in [5.41, 5.74) is -0.0155. The minimum Gasteiger partial charge on any atom is -0.322 e. The highest BCUT2D eigenvalue weighted by Crippen LogP contribution is 2.20. The summed E-state index contributed by atoms with van der Waals surface area (Å²) in [6.45, 7) is 0.215. The number of amides is 1. The molecule has 23 heavy (non-hydrogen) atoms. The third-order valence-corrected chi connectivity index (χ3v) is 3.67. The maximum atomic E-state index is 13.5. The molecule has 1 aromatic carbocycles. The molecule has 1 aromatic rings. The third kappa shape index (κ3) is 5.96. The van der Waals surface area contributed by atoms with E-state index < -0.39 is 24.4 Å². The molecule has 0 spiro atoms. The first kappa shape index (κ1) is 18.0. The summed E-state index contributed by atoms with van der Waals surface area (Å²) in [6.07, 6.45) is -4.22. The first-order valence-corrected chi connectivity index (χ1v) is 7.37. The predicted molar refractivity (Wildman–Crippen MR) is 79.0 cm³/mol. The Labute approximate surface area is 136 Å². The number of carbonyl (C=O) groups excluding carboxylic acids is 1. The monoisotopic (exact) mass is 353 g/mol. The fourth-order valence-corrected chi connectivity index (χ4v) is 2.52. The smallest absolute Gasteiger partial charge is 0.322 e. The molecule has 0 saturated carbocycles. The number of hydrogen-bond donors (Lipinski definition) is 1. The second-order valence-corrected chi connectivity index (χ2v) is 5.78. The van der Waals surface area contributed by atoms with Crippen LogP contribution in [0.2, 0.25) is 5.02 Å². The van der Waals surface area contributed by atoms with Crippen molar-refractivity contribution < 1.29 is 22.4 Å². The number of piperazine rings is 1. The number of nitrogens with one attached hydrogen (secondary N) is 1. The molecule has 1 aliphatic heterocycles. The Morgan fingerprint density at radius 2 is 1.78 bits per heavy atom. The first-order valence-electron chi connectivity index (χ1n) is 6.99. The fraction of sp³-hybridized carbons (Fsp3) is 0.500. The van der Waals surface area contributed by atoms with E-state index in [4.69, 9.17) is 11.6 Å². The Morgan fingerprint density at radius 3 is 2.39 bits per heavy atom. The Kier molecular flexibility index (Phi) is 5.83. The number of anilines is 1. The van der Waals surface area contributed by atoms with Crippen molar-refractivity contribution in [2.45, 2.75) is 6.18 Å². The first-order chi connectivity index (χ1) is 10.7. The van der Waals surface area contributed by atoms with Crippen LogP contribution in [0.1, 0.15) is 0 Å². The average Bonchev–Trinajstić information content (AvgIpc) is 2.43. The van der Waals surface area contributed by atoms with E-state index in [2.05, 4.69) is 5.32 Å². The Morgan fingerprint density at radius 1 is 1.17 bits per heavy atom. The van der Waals surface area contributed by atoms with Crippen molar-refractivity contribution in [3.05, 3.63) is 29.0 Å². The van der Waals surface area contributed by atoms with E-state index in [0.29, 0.717) is 18.1 Å². The van der Waals surface area contributed by atoms with Crippen LogP contribution in [0.15, 0.2) is 18.2 Å². The molecule has 1 saturated heterocycles. The number of halogens is 5. The molecule has 1 heterocycles. The second kappa shape index (κ2) is 7.46. The summed E-state index contributed by atoms with van der Waals surface area (Å²) in [4.78, 5) is 14.9. The van der Waals surface area contributed by atoms with Gasteiger partial charge in [0.25, 0.3) is 0 Å². The summed E-state index contributed by atoms with van der Waals surface area (Å²) < 4.78 is 50.4. The number of rotatable bonds is 4. The van der Waals surface area contributed by atoms with Gasteiger partial charge in [-0.05, 0) is 18.2 Å². The summed E-state index contributed by atoms with van der Waals surface area (Å²) in [7, 11) is 0. The standard InChI is InChI=1S/C14H16ClF4N3O/c15-10-1-2-11(16)12(7-10)20-13(23)8-21-3-5-22(6-4-21)9-14(17,18)19/h1-2,7H,3-6,8-9H2,(H,20,23). The molecule has 0 aromatic heterocycles. The van der Waals surface area contributed by atoms with Crippen molar-refractivity contribution >= 4 is 23.2 Å². The lowest BCUT2D eigenvalue weighted by molar-refractivity contribution is -0.149. The van der Waals surface area contributed by atoms with Gasteiger partial charge in [-0.2, -0.15) is 13.2 Å². The lowest BCUT2D eigenvalue weighted by Gasteiger charge is -2.34. The van der Waals surface area contributed by atoms with Gasteiger partial charge in [0.2, 0.25) is 5.91 Å². The lowest BCUT2D eigenvalue weighted by atomic mass is 10.3. The molecular weight excluding hydrogens is 338 g/mol. The van der Waals surface area contributed by atoms with Crippen LogP contribution in [-0.4, -0.2) is 61.2 Å². The van der Waals surface area contributed by atoms with Crippen LogP contribution in [-0.2, 0) is 4.79 Å². The molecule has 0 unspecified atom stereocenters. The minimum absolute atomic E-state index is 0.00812. The molecular formula is C14H16ClF4N3O. The largest absolute Gasteiger partial charge is 0.401 e. The van der Waals surface area contributed by atoms with Crippen molar-refractivity contribution in [3.8, 4) is 0 Å². The highest BCUT2D eigenvalue weighted by molar-refractivity contribution is 6.30. The van der Waals surface area contributed by atoms with Crippen molar-refractivity contribution in [1.82, 2.24) is 9.80 Å². The van der Waals surface area contributed by atoms with Gasteiger partial charge < -0.3 is 5.32 Å². The number of alkyl halides is 3. The van der Waals surface area contributed by atoms with Crippen LogP contribution in [0.5, 0.6) is 0 Å². The van der Waals surface area contributed by atoms with Crippen LogP contribution >= 0.6 is 11.6 Å². The third-order valence-electron chi connectivity index (χ3n) is 3.44. The van der Waals surface area contributed by atoms with E-state index in [1.54, 1.807) is 4.90 Å². The quantitative estimate of drug-likeness (QED) is 0.845. The van der Waals surface area contributed by atoms with E-state index >= 15 is 0 Å². The molecule has 0 aliphatic carbocycles. The Balaban J connectivity index is 1.80. The van der Waals surface area contributed by atoms with Gasteiger partial charge in [0.05, 0.1) is 18.8 Å². The average molecular weight is 354 g/mol. The van der Waals surface area contributed by atoms with Crippen molar-refractivity contribution in [2.24, 2.45) is 0 Å². The van der Waals surface area contributed by atoms with Crippen LogP contribution in [0.25, 0.3) is 0 Å².